The third-order valence-corrected chi connectivity index (χ3v) is 8.15. The van der Waals surface area contributed by atoms with Gasteiger partial charge < -0.3 is 19.5 Å². The van der Waals surface area contributed by atoms with Gasteiger partial charge in [-0.25, -0.2) is 8.42 Å². The van der Waals surface area contributed by atoms with E-state index in [4.69, 9.17) is 14.2 Å². The topological polar surface area (TPSA) is 94.2 Å². The number of ether oxygens (including phenoxy) is 3. The third kappa shape index (κ3) is 4.32. The molecule has 1 saturated heterocycles. The molecule has 1 N–H and O–H groups in total. The molecule has 8 nitrogen and oxygen atoms in total. The van der Waals surface area contributed by atoms with Gasteiger partial charge in [0, 0.05) is 43.2 Å². The van der Waals surface area contributed by atoms with Crippen LogP contribution in [0, 0.1) is 0 Å². The number of sulfonamides is 1. The highest BCUT2D eigenvalue weighted by molar-refractivity contribution is 7.89. The van der Waals surface area contributed by atoms with E-state index in [-0.39, 0.29) is 23.0 Å². The average Bonchev–Trinajstić information content (AvgIpc) is 3.38. The van der Waals surface area contributed by atoms with Crippen LogP contribution >= 0.6 is 0 Å². The molecule has 1 saturated carbocycles. The molecule has 0 bridgehead atoms. The monoisotopic (exact) mass is 472 g/mol. The van der Waals surface area contributed by atoms with Gasteiger partial charge in [-0.05, 0) is 63.1 Å². The van der Waals surface area contributed by atoms with Gasteiger partial charge in [-0.1, -0.05) is 0 Å². The van der Waals surface area contributed by atoms with Crippen LogP contribution in [0.1, 0.15) is 49.9 Å². The van der Waals surface area contributed by atoms with Crippen molar-refractivity contribution in [3.05, 3.63) is 48.0 Å². The van der Waals surface area contributed by atoms with Gasteiger partial charge in [0.2, 0.25) is 10.0 Å². The number of rotatable bonds is 4. The van der Waals surface area contributed by atoms with Crippen molar-refractivity contribution in [2.45, 2.75) is 62.4 Å². The first-order valence-corrected chi connectivity index (χ1v) is 12.8. The maximum atomic E-state index is 13.0. The van der Waals surface area contributed by atoms with Gasteiger partial charge in [-0.2, -0.15) is 4.31 Å². The van der Waals surface area contributed by atoms with Crippen LogP contribution in [0.4, 0.5) is 5.69 Å². The Kier molecular flexibility index (Phi) is 5.58. The number of hydrogen-bond donors (Lipinski definition) is 1. The second kappa shape index (κ2) is 8.30. The summed E-state index contributed by atoms with van der Waals surface area (Å²) in [5.74, 6) is 0.436. The lowest BCUT2D eigenvalue weighted by Gasteiger charge is -2.34. The predicted octanol–water partition coefficient (Wildman–Crippen LogP) is 3.78. The summed E-state index contributed by atoms with van der Waals surface area (Å²) in [6, 6.07) is 11.3. The largest absolute Gasteiger partial charge is 0.448 e. The Balaban J connectivity index is 1.27. The molecule has 0 aromatic heterocycles. The van der Waals surface area contributed by atoms with Crippen molar-refractivity contribution >= 4 is 21.6 Å². The Labute approximate surface area is 193 Å². The highest BCUT2D eigenvalue weighted by atomic mass is 32.2. The Morgan fingerprint density at radius 3 is 2.27 bits per heavy atom. The summed E-state index contributed by atoms with van der Waals surface area (Å²) < 4.78 is 45.1. The first-order valence-electron chi connectivity index (χ1n) is 11.3. The minimum absolute atomic E-state index is 0.158. The number of nitrogens with zero attached hydrogens (tertiary/aromatic N) is 1. The Morgan fingerprint density at radius 1 is 0.970 bits per heavy atom. The molecule has 2 heterocycles. The van der Waals surface area contributed by atoms with E-state index in [1.807, 2.05) is 13.8 Å². The second-order valence-corrected chi connectivity index (χ2v) is 11.0. The summed E-state index contributed by atoms with van der Waals surface area (Å²) in [7, 11) is -3.66. The molecule has 2 fully saturated rings. The Bertz CT molecular complexity index is 1150. The van der Waals surface area contributed by atoms with Gasteiger partial charge >= 0.3 is 0 Å². The smallest absolute Gasteiger partial charge is 0.255 e. The number of anilines is 1. The molecule has 5 rings (SSSR count). The van der Waals surface area contributed by atoms with Crippen molar-refractivity contribution in [3.63, 3.8) is 0 Å². The van der Waals surface area contributed by atoms with Crippen LogP contribution in [-0.4, -0.2) is 49.7 Å². The minimum atomic E-state index is -3.66. The molecule has 1 aliphatic carbocycles. The fraction of sp³-hybridized carbons (Fsp3) is 0.458. The van der Waals surface area contributed by atoms with Crippen molar-refractivity contribution in [1.29, 1.82) is 0 Å². The SMILES string of the molecule is CC1CN(S(=O)(=O)c2ccc(C(=O)Nc3ccc4c(c3)OC3(CCCC3)O4)cc2)CC(C)O1. The lowest BCUT2D eigenvalue weighted by molar-refractivity contribution is -0.0716. The van der Waals surface area contributed by atoms with E-state index in [2.05, 4.69) is 5.32 Å². The Morgan fingerprint density at radius 2 is 1.61 bits per heavy atom. The minimum Gasteiger partial charge on any atom is -0.448 e. The fourth-order valence-corrected chi connectivity index (χ4v) is 6.34. The number of carbonyl (C=O) groups excluding carboxylic acids is 1. The Hall–Kier alpha value is -2.62. The third-order valence-electron chi connectivity index (χ3n) is 6.30. The zero-order valence-corrected chi connectivity index (χ0v) is 19.6. The van der Waals surface area contributed by atoms with E-state index in [1.54, 1.807) is 18.2 Å². The van der Waals surface area contributed by atoms with Crippen LogP contribution in [0.25, 0.3) is 0 Å². The molecular formula is C24H28N2O6S. The van der Waals surface area contributed by atoms with E-state index >= 15 is 0 Å². The summed E-state index contributed by atoms with van der Waals surface area (Å²) in [5, 5.41) is 2.85. The summed E-state index contributed by atoms with van der Waals surface area (Å²) >= 11 is 0. The van der Waals surface area contributed by atoms with Crippen LogP contribution in [0.2, 0.25) is 0 Å². The molecule has 176 valence electrons. The number of fused-ring (bicyclic) bond motifs is 1. The van der Waals surface area contributed by atoms with E-state index in [0.29, 0.717) is 35.8 Å². The van der Waals surface area contributed by atoms with Crippen LogP contribution in [0.3, 0.4) is 0 Å². The van der Waals surface area contributed by atoms with Gasteiger partial charge in [0.05, 0.1) is 17.1 Å². The van der Waals surface area contributed by atoms with E-state index in [1.165, 1.54) is 28.6 Å². The highest BCUT2D eigenvalue weighted by Crippen LogP contribution is 2.47. The number of morpholine rings is 1. The summed E-state index contributed by atoms with van der Waals surface area (Å²) in [5.41, 5.74) is 0.952. The second-order valence-electron chi connectivity index (χ2n) is 9.04. The molecule has 0 radical (unpaired) electrons. The summed E-state index contributed by atoms with van der Waals surface area (Å²) in [6.07, 6.45) is 3.54. The molecule has 2 atom stereocenters. The maximum absolute atomic E-state index is 13.0. The fourth-order valence-electron chi connectivity index (χ4n) is 4.75. The number of amides is 1. The highest BCUT2D eigenvalue weighted by Gasteiger charge is 2.44. The molecule has 2 unspecified atom stereocenters. The molecule has 3 aliphatic rings. The lowest BCUT2D eigenvalue weighted by atomic mass is 10.2. The van der Waals surface area contributed by atoms with E-state index in [9.17, 15) is 13.2 Å². The lowest BCUT2D eigenvalue weighted by Crippen LogP contribution is -2.48. The summed E-state index contributed by atoms with van der Waals surface area (Å²) in [6.45, 7) is 4.32. The van der Waals surface area contributed by atoms with Gasteiger partial charge in [0.25, 0.3) is 11.7 Å². The molecule has 2 aromatic rings. The van der Waals surface area contributed by atoms with E-state index < -0.39 is 15.8 Å². The molecular weight excluding hydrogens is 444 g/mol. The molecule has 1 spiro atoms. The van der Waals surface area contributed by atoms with Crippen molar-refractivity contribution < 1.29 is 27.4 Å². The van der Waals surface area contributed by atoms with Gasteiger partial charge in [0.1, 0.15) is 0 Å². The first-order chi connectivity index (χ1) is 15.7. The first kappa shape index (κ1) is 22.2. The van der Waals surface area contributed by atoms with Crippen molar-refractivity contribution in [1.82, 2.24) is 4.31 Å². The zero-order valence-electron chi connectivity index (χ0n) is 18.7. The molecule has 9 heteroatoms. The van der Waals surface area contributed by atoms with Crippen LogP contribution < -0.4 is 14.8 Å². The van der Waals surface area contributed by atoms with Crippen molar-refractivity contribution in [2.24, 2.45) is 0 Å². The predicted molar refractivity (Wildman–Crippen MR) is 122 cm³/mol. The molecule has 2 aromatic carbocycles. The quantitative estimate of drug-likeness (QED) is 0.728. The van der Waals surface area contributed by atoms with Crippen LogP contribution in [0.15, 0.2) is 47.4 Å². The molecule has 33 heavy (non-hydrogen) atoms. The van der Waals surface area contributed by atoms with Crippen molar-refractivity contribution in [2.75, 3.05) is 18.4 Å². The van der Waals surface area contributed by atoms with Gasteiger partial charge in [-0.3, -0.25) is 4.79 Å². The maximum Gasteiger partial charge on any atom is 0.255 e. The number of nitrogens with one attached hydrogen (secondary N) is 1. The van der Waals surface area contributed by atoms with Crippen molar-refractivity contribution in [3.8, 4) is 11.5 Å². The summed E-state index contributed by atoms with van der Waals surface area (Å²) in [4.78, 5) is 12.9. The number of carbonyl (C=O) groups is 1. The van der Waals surface area contributed by atoms with Crippen LogP contribution in [-0.2, 0) is 14.8 Å². The standard InChI is InChI=1S/C24H28N2O6S/c1-16-14-26(15-17(2)30-16)33(28,29)20-8-5-18(6-9-20)23(27)25-19-7-10-21-22(13-19)32-24(31-21)11-3-4-12-24/h5-10,13,16-17H,3-4,11-12,14-15H2,1-2H3,(H,25,27). The normalized spacial score (nSPS) is 24.2. The average molecular weight is 473 g/mol. The molecule has 2 aliphatic heterocycles. The zero-order chi connectivity index (χ0) is 23.2. The van der Waals surface area contributed by atoms with Gasteiger partial charge in [0.15, 0.2) is 11.5 Å². The number of benzene rings is 2. The van der Waals surface area contributed by atoms with E-state index in [0.717, 1.165) is 25.7 Å². The molecule has 1 amide bonds. The number of hydrogen-bond acceptors (Lipinski definition) is 6. The van der Waals surface area contributed by atoms with Gasteiger partial charge in [-0.15, -0.1) is 0 Å². The van der Waals surface area contributed by atoms with Crippen LogP contribution in [0.5, 0.6) is 11.5 Å².